The second kappa shape index (κ2) is 9.94. The van der Waals surface area contributed by atoms with Crippen LogP contribution < -0.4 is 15.4 Å². The van der Waals surface area contributed by atoms with Gasteiger partial charge >= 0.3 is 5.97 Å². The first-order chi connectivity index (χ1) is 14.2. The van der Waals surface area contributed by atoms with E-state index in [1.54, 1.807) is 55.5 Å². The highest BCUT2D eigenvalue weighted by Gasteiger charge is 2.12. The number of carbonyl (C=O) groups excluding carboxylic acids is 2. The maximum absolute atomic E-state index is 12.2. The van der Waals surface area contributed by atoms with Crippen molar-refractivity contribution in [3.05, 3.63) is 84.4 Å². The van der Waals surface area contributed by atoms with E-state index in [-0.39, 0.29) is 19.1 Å². The topological polar surface area (TPSA) is 76.7 Å². The number of hydrogen-bond donors (Lipinski definition) is 2. The van der Waals surface area contributed by atoms with Gasteiger partial charge in [-0.1, -0.05) is 30.3 Å². The number of benzene rings is 3. The quantitative estimate of drug-likeness (QED) is 0.545. The molecule has 3 aromatic carbocycles. The maximum Gasteiger partial charge on any atom is 0.340 e. The fourth-order valence-electron chi connectivity index (χ4n) is 2.64. The van der Waals surface area contributed by atoms with Crippen LogP contribution in [0.2, 0.25) is 0 Å². The molecule has 1 amide bonds. The van der Waals surface area contributed by atoms with Gasteiger partial charge in [-0.2, -0.15) is 0 Å². The largest absolute Gasteiger partial charge is 0.462 e. The number of hydrogen-bond acceptors (Lipinski definition) is 5. The number of amides is 1. The van der Waals surface area contributed by atoms with E-state index in [0.717, 1.165) is 5.75 Å². The molecule has 0 unspecified atom stereocenters. The molecule has 0 heterocycles. The Hall–Kier alpha value is -3.80. The van der Waals surface area contributed by atoms with Crippen LogP contribution in [-0.4, -0.2) is 25.0 Å². The van der Waals surface area contributed by atoms with E-state index in [1.807, 2.05) is 30.3 Å². The fourth-order valence-corrected chi connectivity index (χ4v) is 2.64. The first-order valence-electron chi connectivity index (χ1n) is 9.28. The van der Waals surface area contributed by atoms with Gasteiger partial charge in [-0.25, -0.2) is 4.79 Å². The normalized spacial score (nSPS) is 10.1. The molecule has 0 radical (unpaired) electrons. The molecule has 0 saturated heterocycles. The van der Waals surface area contributed by atoms with Crippen molar-refractivity contribution in [3.63, 3.8) is 0 Å². The summed E-state index contributed by atoms with van der Waals surface area (Å²) in [4.78, 5) is 24.2. The highest BCUT2D eigenvalue weighted by atomic mass is 16.5. The minimum Gasteiger partial charge on any atom is -0.462 e. The number of para-hydroxylation sites is 2. The monoisotopic (exact) mass is 390 g/mol. The van der Waals surface area contributed by atoms with Crippen molar-refractivity contribution in [2.24, 2.45) is 0 Å². The molecule has 3 aromatic rings. The number of ether oxygens (including phenoxy) is 2. The number of anilines is 2. The van der Waals surface area contributed by atoms with Crippen molar-refractivity contribution in [2.75, 3.05) is 23.8 Å². The molecular formula is C23H22N2O4. The first-order valence-corrected chi connectivity index (χ1v) is 9.28. The molecule has 0 spiro atoms. The minimum atomic E-state index is -0.426. The van der Waals surface area contributed by atoms with Crippen LogP contribution in [0.1, 0.15) is 17.3 Å². The summed E-state index contributed by atoms with van der Waals surface area (Å²) in [6.45, 7) is 2.05. The maximum atomic E-state index is 12.2. The molecule has 0 aliphatic rings. The van der Waals surface area contributed by atoms with Gasteiger partial charge in [-0.15, -0.1) is 0 Å². The Labute approximate surface area is 169 Å². The third-order valence-electron chi connectivity index (χ3n) is 3.98. The molecule has 0 aliphatic carbocycles. The van der Waals surface area contributed by atoms with Gasteiger partial charge in [-0.3, -0.25) is 4.79 Å². The summed E-state index contributed by atoms with van der Waals surface area (Å²) in [7, 11) is 0. The van der Waals surface area contributed by atoms with Crippen LogP contribution in [0.15, 0.2) is 78.9 Å². The van der Waals surface area contributed by atoms with Crippen LogP contribution in [-0.2, 0) is 9.53 Å². The van der Waals surface area contributed by atoms with Crippen LogP contribution >= 0.6 is 0 Å². The molecule has 0 atom stereocenters. The van der Waals surface area contributed by atoms with E-state index in [2.05, 4.69) is 10.6 Å². The molecule has 6 nitrogen and oxygen atoms in total. The van der Waals surface area contributed by atoms with Gasteiger partial charge in [0.25, 0.3) is 0 Å². The number of rotatable bonds is 8. The zero-order valence-electron chi connectivity index (χ0n) is 16.1. The van der Waals surface area contributed by atoms with E-state index < -0.39 is 5.97 Å². The average molecular weight is 390 g/mol. The summed E-state index contributed by atoms with van der Waals surface area (Å²) < 4.78 is 10.8. The zero-order valence-corrected chi connectivity index (χ0v) is 16.1. The van der Waals surface area contributed by atoms with Crippen LogP contribution in [0.4, 0.5) is 11.4 Å². The summed E-state index contributed by atoms with van der Waals surface area (Å²) in [5.41, 5.74) is 1.59. The van der Waals surface area contributed by atoms with Crippen LogP contribution in [0.25, 0.3) is 0 Å². The lowest BCUT2D eigenvalue weighted by Gasteiger charge is -2.12. The highest BCUT2D eigenvalue weighted by molar-refractivity contribution is 5.98. The van der Waals surface area contributed by atoms with Crippen LogP contribution in [0, 0.1) is 0 Å². The standard InChI is InChI=1S/C23H22N2O4/c1-2-28-23(27)20-10-6-7-11-21(20)24-16-22(26)25-17-12-14-19(15-13-17)29-18-8-4-3-5-9-18/h3-15,24H,2,16H2,1H3,(H,25,26). The molecule has 0 saturated carbocycles. The second-order valence-corrected chi connectivity index (χ2v) is 6.11. The molecule has 2 N–H and O–H groups in total. The first kappa shape index (κ1) is 19.9. The van der Waals surface area contributed by atoms with Crippen LogP contribution in [0.3, 0.4) is 0 Å². The Bertz CT molecular complexity index is 956. The van der Waals surface area contributed by atoms with Gasteiger partial charge in [0.1, 0.15) is 11.5 Å². The molecule has 0 aliphatic heterocycles. The fraction of sp³-hybridized carbons (Fsp3) is 0.130. The summed E-state index contributed by atoms with van der Waals surface area (Å²) in [6, 6.07) is 23.5. The predicted octanol–water partition coefficient (Wildman–Crippen LogP) is 4.71. The van der Waals surface area contributed by atoms with Gasteiger partial charge in [-0.05, 0) is 55.5 Å². The number of esters is 1. The molecule has 6 heteroatoms. The smallest absolute Gasteiger partial charge is 0.340 e. The highest BCUT2D eigenvalue weighted by Crippen LogP contribution is 2.22. The Morgan fingerprint density at radius 1 is 0.828 bits per heavy atom. The van der Waals surface area contributed by atoms with Crippen molar-refractivity contribution in [1.82, 2.24) is 0 Å². The Morgan fingerprint density at radius 2 is 1.48 bits per heavy atom. The lowest BCUT2D eigenvalue weighted by Crippen LogP contribution is -2.22. The molecule has 0 fully saturated rings. The van der Waals surface area contributed by atoms with E-state index in [4.69, 9.17) is 9.47 Å². The van der Waals surface area contributed by atoms with Gasteiger partial charge in [0.15, 0.2) is 0 Å². The molecule has 0 aromatic heterocycles. The number of nitrogens with one attached hydrogen (secondary N) is 2. The third-order valence-corrected chi connectivity index (χ3v) is 3.98. The Morgan fingerprint density at radius 3 is 2.21 bits per heavy atom. The van der Waals surface area contributed by atoms with Crippen molar-refractivity contribution >= 4 is 23.3 Å². The van der Waals surface area contributed by atoms with Crippen molar-refractivity contribution in [3.8, 4) is 11.5 Å². The second-order valence-electron chi connectivity index (χ2n) is 6.11. The third kappa shape index (κ3) is 5.84. The van der Waals surface area contributed by atoms with Crippen molar-refractivity contribution in [2.45, 2.75) is 6.92 Å². The van der Waals surface area contributed by atoms with E-state index in [9.17, 15) is 9.59 Å². The van der Waals surface area contributed by atoms with Gasteiger partial charge in [0.2, 0.25) is 5.91 Å². The summed E-state index contributed by atoms with van der Waals surface area (Å²) >= 11 is 0. The van der Waals surface area contributed by atoms with E-state index in [0.29, 0.717) is 22.7 Å². The van der Waals surface area contributed by atoms with E-state index in [1.165, 1.54) is 0 Å². The zero-order chi connectivity index (χ0) is 20.5. The molecule has 148 valence electrons. The average Bonchev–Trinajstić information content (AvgIpc) is 2.75. The van der Waals surface area contributed by atoms with Gasteiger partial charge in [0, 0.05) is 11.4 Å². The molecule has 29 heavy (non-hydrogen) atoms. The SMILES string of the molecule is CCOC(=O)c1ccccc1NCC(=O)Nc1ccc(Oc2ccccc2)cc1. The van der Waals surface area contributed by atoms with Crippen LogP contribution in [0.5, 0.6) is 11.5 Å². The minimum absolute atomic E-state index is 0.0126. The summed E-state index contributed by atoms with van der Waals surface area (Å²) in [6.07, 6.45) is 0. The lowest BCUT2D eigenvalue weighted by atomic mass is 10.2. The summed E-state index contributed by atoms with van der Waals surface area (Å²) in [5.74, 6) is 0.759. The van der Waals surface area contributed by atoms with E-state index >= 15 is 0 Å². The lowest BCUT2D eigenvalue weighted by molar-refractivity contribution is -0.114. The van der Waals surface area contributed by atoms with Gasteiger partial charge in [0.05, 0.1) is 18.7 Å². The Kier molecular flexibility index (Phi) is 6.84. The van der Waals surface area contributed by atoms with Crippen molar-refractivity contribution in [1.29, 1.82) is 0 Å². The van der Waals surface area contributed by atoms with Crippen molar-refractivity contribution < 1.29 is 19.1 Å². The molecule has 0 bridgehead atoms. The molecular weight excluding hydrogens is 368 g/mol. The van der Waals surface area contributed by atoms with Gasteiger partial charge < -0.3 is 20.1 Å². The number of carbonyl (C=O) groups is 2. The molecule has 3 rings (SSSR count). The summed E-state index contributed by atoms with van der Waals surface area (Å²) in [5, 5.41) is 5.78. The predicted molar refractivity (Wildman–Crippen MR) is 112 cm³/mol. The Balaban J connectivity index is 1.54.